The summed E-state index contributed by atoms with van der Waals surface area (Å²) < 4.78 is 0. The Morgan fingerprint density at radius 2 is 2.00 bits per heavy atom. The third-order valence-electron chi connectivity index (χ3n) is 1.24. The standard InChI is InChI=1S/C7H14O2.CH2O/c1-3-5-6(4-2)7(8)9;1-2/h4,7-9H,3,5H2,1-2H3;1H2/b6-4-;. The van der Waals surface area contributed by atoms with Gasteiger partial charge in [-0.3, -0.25) is 0 Å². The number of carbonyl (C=O) groups is 1. The molecule has 0 aliphatic rings. The molecule has 0 heterocycles. The molecule has 0 fully saturated rings. The van der Waals surface area contributed by atoms with Crippen molar-refractivity contribution in [2.24, 2.45) is 0 Å². The highest BCUT2D eigenvalue weighted by Gasteiger charge is 2.01. The second-order valence-corrected chi connectivity index (χ2v) is 1.99. The maximum Gasteiger partial charge on any atom is 0.174 e. The van der Waals surface area contributed by atoms with E-state index in [1.807, 2.05) is 20.6 Å². The van der Waals surface area contributed by atoms with Gasteiger partial charge in [-0.1, -0.05) is 19.4 Å². The van der Waals surface area contributed by atoms with Crippen LogP contribution in [0, 0.1) is 0 Å². The van der Waals surface area contributed by atoms with Crippen LogP contribution in [0.5, 0.6) is 0 Å². The summed E-state index contributed by atoms with van der Waals surface area (Å²) in [6.07, 6.45) is 2.22. The summed E-state index contributed by atoms with van der Waals surface area (Å²) in [5, 5.41) is 17.3. The normalized spacial score (nSPS) is 10.8. The maximum atomic E-state index is 8.63. The van der Waals surface area contributed by atoms with Gasteiger partial charge in [-0.15, -0.1) is 0 Å². The Kier molecular flexibility index (Phi) is 11.0. The van der Waals surface area contributed by atoms with Gasteiger partial charge in [0, 0.05) is 0 Å². The maximum absolute atomic E-state index is 8.63. The molecule has 0 aromatic rings. The average Bonchev–Trinajstić information content (AvgIpc) is 2.03. The second-order valence-electron chi connectivity index (χ2n) is 1.99. The minimum Gasteiger partial charge on any atom is -0.365 e. The van der Waals surface area contributed by atoms with Crippen LogP contribution >= 0.6 is 0 Å². The second kappa shape index (κ2) is 9.33. The quantitative estimate of drug-likeness (QED) is 0.475. The van der Waals surface area contributed by atoms with Gasteiger partial charge in [0.1, 0.15) is 6.79 Å². The number of carbonyl (C=O) groups excluding carboxylic acids is 1. The summed E-state index contributed by atoms with van der Waals surface area (Å²) in [6, 6.07) is 0. The van der Waals surface area contributed by atoms with Gasteiger partial charge >= 0.3 is 0 Å². The monoisotopic (exact) mass is 160 g/mol. The lowest BCUT2D eigenvalue weighted by atomic mass is 10.1. The molecular formula is C8H16O3. The Morgan fingerprint density at radius 3 is 2.09 bits per heavy atom. The molecule has 3 nitrogen and oxygen atoms in total. The summed E-state index contributed by atoms with van der Waals surface area (Å²) >= 11 is 0. The number of hydrogen-bond donors (Lipinski definition) is 2. The highest BCUT2D eigenvalue weighted by Crippen LogP contribution is 2.06. The molecule has 0 radical (unpaired) electrons. The predicted molar refractivity (Wildman–Crippen MR) is 44.0 cm³/mol. The predicted octanol–water partition coefficient (Wildman–Crippen LogP) is 0.859. The Morgan fingerprint density at radius 1 is 1.55 bits per heavy atom. The molecule has 0 aromatic carbocycles. The fraction of sp³-hybridized carbons (Fsp3) is 0.625. The van der Waals surface area contributed by atoms with E-state index in [2.05, 4.69) is 0 Å². The molecule has 0 aromatic heterocycles. The lowest BCUT2D eigenvalue weighted by Crippen LogP contribution is -2.07. The third kappa shape index (κ3) is 7.22. The van der Waals surface area contributed by atoms with Gasteiger partial charge in [0.15, 0.2) is 6.29 Å². The zero-order chi connectivity index (χ0) is 9.28. The molecule has 0 unspecified atom stereocenters. The largest absolute Gasteiger partial charge is 0.365 e. The summed E-state index contributed by atoms with van der Waals surface area (Å²) in [5.74, 6) is 0. The van der Waals surface area contributed by atoms with Crippen LogP contribution in [0.25, 0.3) is 0 Å². The van der Waals surface area contributed by atoms with E-state index in [0.717, 1.165) is 12.8 Å². The highest BCUT2D eigenvalue weighted by atomic mass is 16.5. The molecule has 11 heavy (non-hydrogen) atoms. The van der Waals surface area contributed by atoms with Crippen LogP contribution in [0.3, 0.4) is 0 Å². The minimum absolute atomic E-state index is 0.706. The average molecular weight is 160 g/mol. The topological polar surface area (TPSA) is 57.5 Å². The van der Waals surface area contributed by atoms with Crippen molar-refractivity contribution in [2.45, 2.75) is 33.0 Å². The summed E-state index contributed by atoms with van der Waals surface area (Å²) in [4.78, 5) is 8.00. The van der Waals surface area contributed by atoms with Gasteiger partial charge in [-0.25, -0.2) is 0 Å². The van der Waals surface area contributed by atoms with Gasteiger partial charge in [0.05, 0.1) is 0 Å². The first-order valence-electron chi connectivity index (χ1n) is 3.52. The lowest BCUT2D eigenvalue weighted by molar-refractivity contribution is -0.0980. The molecule has 0 saturated heterocycles. The zero-order valence-electron chi connectivity index (χ0n) is 7.08. The Bertz CT molecular complexity index is 108. The highest BCUT2D eigenvalue weighted by molar-refractivity contribution is 5.11. The smallest absolute Gasteiger partial charge is 0.174 e. The van der Waals surface area contributed by atoms with E-state index < -0.39 is 6.29 Å². The molecule has 2 N–H and O–H groups in total. The van der Waals surface area contributed by atoms with E-state index in [1.165, 1.54) is 0 Å². The van der Waals surface area contributed by atoms with Gasteiger partial charge < -0.3 is 15.0 Å². The SMILES string of the molecule is C/C=C(/CCC)C(O)O.C=O. The molecule has 0 spiro atoms. The van der Waals surface area contributed by atoms with E-state index in [9.17, 15) is 0 Å². The van der Waals surface area contributed by atoms with E-state index in [1.54, 1.807) is 6.08 Å². The van der Waals surface area contributed by atoms with E-state index in [4.69, 9.17) is 15.0 Å². The molecule has 0 aliphatic heterocycles. The fourth-order valence-corrected chi connectivity index (χ4v) is 0.711. The van der Waals surface area contributed by atoms with Crippen LogP contribution in [0.1, 0.15) is 26.7 Å². The van der Waals surface area contributed by atoms with Crippen molar-refractivity contribution < 1.29 is 15.0 Å². The fourth-order valence-electron chi connectivity index (χ4n) is 0.711. The van der Waals surface area contributed by atoms with Crippen molar-refractivity contribution in [1.29, 1.82) is 0 Å². The molecule has 0 saturated carbocycles. The van der Waals surface area contributed by atoms with Crippen LogP contribution in [0.2, 0.25) is 0 Å². The van der Waals surface area contributed by atoms with Gasteiger partial charge in [-0.05, 0) is 18.9 Å². The molecule has 0 amide bonds. The molecule has 3 heteroatoms. The van der Waals surface area contributed by atoms with Crippen LogP contribution < -0.4 is 0 Å². The number of rotatable bonds is 3. The van der Waals surface area contributed by atoms with Crippen molar-refractivity contribution in [1.82, 2.24) is 0 Å². The zero-order valence-corrected chi connectivity index (χ0v) is 7.08. The molecule has 66 valence electrons. The molecular weight excluding hydrogens is 144 g/mol. The van der Waals surface area contributed by atoms with E-state index >= 15 is 0 Å². The molecule has 0 bridgehead atoms. The van der Waals surface area contributed by atoms with Crippen LogP contribution in [0.15, 0.2) is 11.6 Å². The van der Waals surface area contributed by atoms with Crippen molar-refractivity contribution in [3.8, 4) is 0 Å². The van der Waals surface area contributed by atoms with Crippen molar-refractivity contribution in [3.63, 3.8) is 0 Å². The first-order valence-corrected chi connectivity index (χ1v) is 3.52. The molecule has 0 rings (SSSR count). The van der Waals surface area contributed by atoms with Gasteiger partial charge in [-0.2, -0.15) is 0 Å². The van der Waals surface area contributed by atoms with Gasteiger partial charge in [0.25, 0.3) is 0 Å². The molecule has 0 aliphatic carbocycles. The number of aliphatic hydroxyl groups is 2. The molecule has 0 atom stereocenters. The van der Waals surface area contributed by atoms with Crippen LogP contribution in [-0.4, -0.2) is 23.3 Å². The minimum atomic E-state index is -1.25. The van der Waals surface area contributed by atoms with Gasteiger partial charge in [0.2, 0.25) is 0 Å². The van der Waals surface area contributed by atoms with Crippen LogP contribution in [-0.2, 0) is 4.79 Å². The number of hydrogen-bond acceptors (Lipinski definition) is 3. The van der Waals surface area contributed by atoms with E-state index in [0.29, 0.717) is 5.57 Å². The van der Waals surface area contributed by atoms with E-state index in [-0.39, 0.29) is 0 Å². The first-order chi connectivity index (χ1) is 5.22. The number of aliphatic hydroxyl groups excluding tert-OH is 1. The Balaban J connectivity index is 0. The Hall–Kier alpha value is -0.670. The van der Waals surface area contributed by atoms with Crippen molar-refractivity contribution in [2.75, 3.05) is 0 Å². The Labute approximate surface area is 67.4 Å². The first kappa shape index (κ1) is 13.0. The number of allylic oxidation sites excluding steroid dienone is 1. The van der Waals surface area contributed by atoms with Crippen molar-refractivity contribution in [3.05, 3.63) is 11.6 Å². The summed E-state index contributed by atoms with van der Waals surface area (Å²) in [5.41, 5.74) is 0.706. The summed E-state index contributed by atoms with van der Waals surface area (Å²) in [6.45, 7) is 5.82. The van der Waals surface area contributed by atoms with Crippen molar-refractivity contribution >= 4 is 6.79 Å². The third-order valence-corrected chi connectivity index (χ3v) is 1.24. The lowest BCUT2D eigenvalue weighted by Gasteiger charge is -2.05. The summed E-state index contributed by atoms with van der Waals surface area (Å²) in [7, 11) is 0. The van der Waals surface area contributed by atoms with Crippen LogP contribution in [0.4, 0.5) is 0 Å².